The maximum Gasteiger partial charge on any atom is 0.0657 e. The number of hydrogen-bond acceptors (Lipinski definition) is 6. The molecule has 0 aliphatic carbocycles. The highest BCUT2D eigenvalue weighted by Crippen LogP contribution is 2.56. The molecule has 0 unspecified atom stereocenters. The molecule has 2 heterocycles. The van der Waals surface area contributed by atoms with E-state index in [2.05, 4.69) is 48.9 Å². The minimum atomic E-state index is 1.36. The molecule has 0 amide bonds. The lowest BCUT2D eigenvalue weighted by atomic mass is 10.4. The number of allylic oxidation sites excluding steroid dienone is 2. The van der Waals surface area contributed by atoms with E-state index < -0.39 is 0 Å². The largest absolute Gasteiger partial charge is 0.121 e. The van der Waals surface area contributed by atoms with Crippen molar-refractivity contribution in [3.8, 4) is 0 Å². The first kappa shape index (κ1) is 15.4. The SMILES string of the molecule is CSC1=C(SC)SC(=CC=C2Sc3ccccc3S2)S1. The highest BCUT2D eigenvalue weighted by Gasteiger charge is 2.20. The Balaban J connectivity index is 1.70. The van der Waals surface area contributed by atoms with Gasteiger partial charge in [-0.05, 0) is 36.8 Å². The van der Waals surface area contributed by atoms with Crippen LogP contribution in [0.2, 0.25) is 0 Å². The van der Waals surface area contributed by atoms with Crippen molar-refractivity contribution >= 4 is 70.6 Å². The second kappa shape index (κ2) is 7.20. The van der Waals surface area contributed by atoms with Gasteiger partial charge in [-0.15, -0.1) is 23.5 Å². The average Bonchev–Trinajstić information content (AvgIpc) is 3.07. The molecule has 0 atom stereocenters. The van der Waals surface area contributed by atoms with Crippen LogP contribution in [0, 0.1) is 0 Å². The van der Waals surface area contributed by atoms with E-state index in [0.717, 1.165) is 0 Å². The number of hydrogen-bond donors (Lipinski definition) is 0. The predicted molar refractivity (Wildman–Crippen MR) is 104 cm³/mol. The van der Waals surface area contributed by atoms with Gasteiger partial charge in [-0.1, -0.05) is 59.2 Å². The molecule has 2 aliphatic rings. The molecular formula is C14H12S6. The van der Waals surface area contributed by atoms with E-state index in [1.54, 1.807) is 0 Å². The van der Waals surface area contributed by atoms with Gasteiger partial charge in [0.2, 0.25) is 0 Å². The van der Waals surface area contributed by atoms with Gasteiger partial charge < -0.3 is 0 Å². The third kappa shape index (κ3) is 3.47. The maximum atomic E-state index is 2.26. The standard InChI is InChI=1S/C14H12S6/c1-15-13-14(16-2)20-12(19-13)8-7-11-17-9-5-3-4-6-10(9)18-11/h3-8H,1-2H3. The van der Waals surface area contributed by atoms with Crippen LogP contribution in [0.5, 0.6) is 0 Å². The highest BCUT2D eigenvalue weighted by molar-refractivity contribution is 8.40. The van der Waals surface area contributed by atoms with Gasteiger partial charge in [0, 0.05) is 14.0 Å². The summed E-state index contributed by atoms with van der Waals surface area (Å²) >= 11 is 11.2. The Morgan fingerprint density at radius 2 is 1.20 bits per heavy atom. The van der Waals surface area contributed by atoms with E-state index in [1.165, 1.54) is 26.7 Å². The fraction of sp³-hybridized carbons (Fsp3) is 0.143. The first-order chi connectivity index (χ1) is 9.80. The van der Waals surface area contributed by atoms with Gasteiger partial charge in [-0.2, -0.15) is 0 Å². The number of thioether (sulfide) groups is 6. The molecule has 0 saturated carbocycles. The van der Waals surface area contributed by atoms with Crippen LogP contribution < -0.4 is 0 Å². The minimum absolute atomic E-state index is 1.36. The van der Waals surface area contributed by atoms with Crippen LogP contribution in [-0.2, 0) is 0 Å². The van der Waals surface area contributed by atoms with Crippen LogP contribution >= 0.6 is 70.6 Å². The summed E-state index contributed by atoms with van der Waals surface area (Å²) in [5.41, 5.74) is 0. The molecular weight excluding hydrogens is 361 g/mol. The summed E-state index contributed by atoms with van der Waals surface area (Å²) in [6.45, 7) is 0. The molecule has 1 aromatic carbocycles. The quantitative estimate of drug-likeness (QED) is 0.562. The van der Waals surface area contributed by atoms with Gasteiger partial charge in [0.1, 0.15) is 0 Å². The first-order valence-corrected chi connectivity index (χ1v) is 11.6. The molecule has 104 valence electrons. The Hall–Kier alpha value is 0.540. The van der Waals surface area contributed by atoms with E-state index in [4.69, 9.17) is 0 Å². The van der Waals surface area contributed by atoms with E-state index >= 15 is 0 Å². The van der Waals surface area contributed by atoms with Gasteiger partial charge in [-0.3, -0.25) is 0 Å². The Morgan fingerprint density at radius 1 is 0.750 bits per heavy atom. The van der Waals surface area contributed by atoms with Crippen molar-refractivity contribution in [2.75, 3.05) is 12.5 Å². The Morgan fingerprint density at radius 3 is 1.65 bits per heavy atom. The molecule has 1 aromatic rings. The molecule has 20 heavy (non-hydrogen) atoms. The molecule has 0 radical (unpaired) electrons. The first-order valence-electron chi connectivity index (χ1n) is 5.85. The average molecular weight is 373 g/mol. The molecule has 0 aromatic heterocycles. The second-order valence-electron chi connectivity index (χ2n) is 3.81. The summed E-state index contributed by atoms with van der Waals surface area (Å²) in [7, 11) is 0. The summed E-state index contributed by atoms with van der Waals surface area (Å²) in [4.78, 5) is 2.75. The van der Waals surface area contributed by atoms with Crippen LogP contribution in [0.3, 0.4) is 0 Å². The Bertz CT molecular complexity index is 569. The minimum Gasteiger partial charge on any atom is -0.121 e. The van der Waals surface area contributed by atoms with Crippen LogP contribution in [0.25, 0.3) is 0 Å². The molecule has 0 N–H and O–H groups in total. The van der Waals surface area contributed by atoms with Crippen LogP contribution in [0.15, 0.2) is 63.2 Å². The van der Waals surface area contributed by atoms with E-state index in [9.17, 15) is 0 Å². The van der Waals surface area contributed by atoms with Crippen LogP contribution in [-0.4, -0.2) is 12.5 Å². The van der Waals surface area contributed by atoms with Crippen molar-refractivity contribution in [3.63, 3.8) is 0 Å². The summed E-state index contributed by atoms with van der Waals surface area (Å²) in [5.74, 6) is 0. The molecule has 0 fully saturated rings. The summed E-state index contributed by atoms with van der Waals surface area (Å²) in [6, 6.07) is 8.60. The van der Waals surface area contributed by atoms with Gasteiger partial charge in [0.15, 0.2) is 0 Å². The maximum absolute atomic E-state index is 2.26. The zero-order valence-electron chi connectivity index (χ0n) is 10.9. The third-order valence-electron chi connectivity index (χ3n) is 2.55. The second-order valence-corrected chi connectivity index (χ2v) is 10.7. The number of rotatable bonds is 3. The van der Waals surface area contributed by atoms with Gasteiger partial charge >= 0.3 is 0 Å². The number of benzene rings is 1. The topological polar surface area (TPSA) is 0 Å². The molecule has 3 rings (SSSR count). The third-order valence-corrected chi connectivity index (χ3v) is 10.1. The van der Waals surface area contributed by atoms with E-state index in [1.807, 2.05) is 70.6 Å². The lowest BCUT2D eigenvalue weighted by Crippen LogP contribution is -1.65. The normalized spacial score (nSPS) is 17.7. The Labute approximate surface area is 145 Å². The van der Waals surface area contributed by atoms with Crippen molar-refractivity contribution in [2.45, 2.75) is 9.79 Å². The van der Waals surface area contributed by atoms with Crippen LogP contribution in [0.4, 0.5) is 0 Å². The molecule has 0 bridgehead atoms. The highest BCUT2D eigenvalue weighted by atomic mass is 32.3. The molecule has 0 nitrogen and oxygen atoms in total. The Kier molecular flexibility index (Phi) is 5.56. The monoisotopic (exact) mass is 372 g/mol. The van der Waals surface area contributed by atoms with Crippen molar-refractivity contribution < 1.29 is 0 Å². The van der Waals surface area contributed by atoms with Gasteiger partial charge in [-0.25, -0.2) is 0 Å². The summed E-state index contributed by atoms with van der Waals surface area (Å²) in [6.07, 6.45) is 8.82. The van der Waals surface area contributed by atoms with Crippen molar-refractivity contribution in [1.29, 1.82) is 0 Å². The predicted octanol–water partition coefficient (Wildman–Crippen LogP) is 6.90. The molecule has 0 spiro atoms. The summed E-state index contributed by atoms with van der Waals surface area (Å²) < 4.78 is 5.61. The zero-order chi connectivity index (χ0) is 13.9. The fourth-order valence-corrected chi connectivity index (χ4v) is 8.78. The summed E-state index contributed by atoms with van der Waals surface area (Å²) in [5, 5.41) is 0. The van der Waals surface area contributed by atoms with Crippen molar-refractivity contribution in [2.24, 2.45) is 0 Å². The molecule has 2 aliphatic heterocycles. The lowest BCUT2D eigenvalue weighted by molar-refractivity contribution is 1.27. The smallest absolute Gasteiger partial charge is 0.0657 e. The lowest BCUT2D eigenvalue weighted by Gasteiger charge is -1.94. The van der Waals surface area contributed by atoms with Crippen molar-refractivity contribution in [3.05, 3.63) is 53.4 Å². The van der Waals surface area contributed by atoms with E-state index in [-0.39, 0.29) is 0 Å². The van der Waals surface area contributed by atoms with Crippen molar-refractivity contribution in [1.82, 2.24) is 0 Å². The molecule has 6 heteroatoms. The van der Waals surface area contributed by atoms with Gasteiger partial charge in [0.25, 0.3) is 0 Å². The number of fused-ring (bicyclic) bond motifs is 1. The van der Waals surface area contributed by atoms with Crippen LogP contribution in [0.1, 0.15) is 0 Å². The molecule has 0 saturated heterocycles. The van der Waals surface area contributed by atoms with Gasteiger partial charge in [0.05, 0.1) is 12.7 Å². The zero-order valence-corrected chi connectivity index (χ0v) is 15.8. The fourth-order valence-electron chi connectivity index (χ4n) is 1.67. The van der Waals surface area contributed by atoms with E-state index in [0.29, 0.717) is 0 Å².